The van der Waals surface area contributed by atoms with Crippen LogP contribution in [0.15, 0.2) is 55.1 Å². The minimum atomic E-state index is 0.305. The average molecular weight is 352 g/mol. The third-order valence-electron chi connectivity index (χ3n) is 3.70. The van der Waals surface area contributed by atoms with Crippen molar-refractivity contribution in [2.75, 3.05) is 19.5 Å². The lowest BCUT2D eigenvalue weighted by Gasteiger charge is -2.12. The highest BCUT2D eigenvalue weighted by Crippen LogP contribution is 2.25. The predicted octanol–water partition coefficient (Wildman–Crippen LogP) is 3.08. The zero-order chi connectivity index (χ0) is 18.2. The molecule has 3 rings (SSSR count). The smallest absolute Gasteiger partial charge is 0.218 e. The van der Waals surface area contributed by atoms with Gasteiger partial charge < -0.3 is 19.5 Å². The fourth-order valence-electron chi connectivity index (χ4n) is 2.36. The molecule has 0 atom stereocenters. The van der Waals surface area contributed by atoms with E-state index in [0.29, 0.717) is 24.8 Å². The Morgan fingerprint density at radius 1 is 1.04 bits per heavy atom. The van der Waals surface area contributed by atoms with Gasteiger partial charge in [-0.15, -0.1) is 0 Å². The van der Waals surface area contributed by atoms with Gasteiger partial charge in [-0.05, 0) is 29.8 Å². The van der Waals surface area contributed by atoms with Crippen molar-refractivity contribution in [2.24, 2.45) is 0 Å². The van der Waals surface area contributed by atoms with Crippen LogP contribution in [0.5, 0.6) is 17.4 Å². The Hall–Kier alpha value is -3.35. The van der Waals surface area contributed by atoms with E-state index in [1.165, 1.54) is 6.33 Å². The first-order chi connectivity index (χ1) is 12.8. The van der Waals surface area contributed by atoms with Crippen LogP contribution in [0.1, 0.15) is 11.1 Å². The number of anilines is 1. The summed E-state index contributed by atoms with van der Waals surface area (Å²) in [6.45, 7) is 0.924. The van der Waals surface area contributed by atoms with Crippen molar-refractivity contribution in [3.05, 3.63) is 66.2 Å². The summed E-state index contributed by atoms with van der Waals surface area (Å²) in [6, 6.07) is 11.2. The number of benzene rings is 1. The summed E-state index contributed by atoms with van der Waals surface area (Å²) >= 11 is 0. The van der Waals surface area contributed by atoms with E-state index in [1.807, 2.05) is 30.3 Å². The van der Waals surface area contributed by atoms with Crippen molar-refractivity contribution in [1.82, 2.24) is 15.0 Å². The highest BCUT2D eigenvalue weighted by molar-refractivity contribution is 5.41. The van der Waals surface area contributed by atoms with Crippen molar-refractivity contribution in [3.63, 3.8) is 0 Å². The molecule has 0 aliphatic rings. The number of nitrogens with one attached hydrogen (secondary N) is 1. The van der Waals surface area contributed by atoms with Gasteiger partial charge in [0.25, 0.3) is 0 Å². The van der Waals surface area contributed by atoms with Crippen LogP contribution in [-0.2, 0) is 13.2 Å². The van der Waals surface area contributed by atoms with E-state index in [-0.39, 0.29) is 0 Å². The second-order valence-corrected chi connectivity index (χ2v) is 5.42. The molecule has 0 bridgehead atoms. The predicted molar refractivity (Wildman–Crippen MR) is 97.5 cm³/mol. The summed E-state index contributed by atoms with van der Waals surface area (Å²) in [4.78, 5) is 12.4. The van der Waals surface area contributed by atoms with Crippen LogP contribution in [0, 0.1) is 0 Å². The number of nitrogens with zero attached hydrogens (tertiary/aromatic N) is 3. The Morgan fingerprint density at radius 3 is 2.73 bits per heavy atom. The van der Waals surface area contributed by atoms with Gasteiger partial charge in [-0.1, -0.05) is 6.07 Å². The van der Waals surface area contributed by atoms with Crippen LogP contribution in [0.2, 0.25) is 0 Å². The summed E-state index contributed by atoms with van der Waals surface area (Å²) < 4.78 is 16.4. The van der Waals surface area contributed by atoms with E-state index < -0.39 is 0 Å². The molecule has 0 saturated heterocycles. The van der Waals surface area contributed by atoms with Crippen LogP contribution in [0.3, 0.4) is 0 Å². The molecule has 0 fully saturated rings. The molecule has 0 saturated carbocycles. The van der Waals surface area contributed by atoms with Crippen LogP contribution in [-0.4, -0.2) is 29.2 Å². The molecule has 26 heavy (non-hydrogen) atoms. The van der Waals surface area contributed by atoms with Gasteiger partial charge in [-0.3, -0.25) is 4.98 Å². The highest BCUT2D eigenvalue weighted by atomic mass is 16.5. The van der Waals surface area contributed by atoms with Crippen molar-refractivity contribution in [3.8, 4) is 17.4 Å². The number of hydrogen-bond donors (Lipinski definition) is 1. The number of aromatic nitrogens is 3. The van der Waals surface area contributed by atoms with E-state index >= 15 is 0 Å². The molecule has 7 nitrogen and oxygen atoms in total. The first-order valence-corrected chi connectivity index (χ1v) is 8.07. The van der Waals surface area contributed by atoms with Gasteiger partial charge in [0.05, 0.1) is 14.2 Å². The second-order valence-electron chi connectivity index (χ2n) is 5.42. The van der Waals surface area contributed by atoms with E-state index in [2.05, 4.69) is 20.3 Å². The van der Waals surface area contributed by atoms with Gasteiger partial charge in [0, 0.05) is 30.6 Å². The van der Waals surface area contributed by atoms with Crippen LogP contribution in [0.25, 0.3) is 0 Å². The summed E-state index contributed by atoms with van der Waals surface area (Å²) in [7, 11) is 3.24. The Bertz CT molecular complexity index is 843. The summed E-state index contributed by atoms with van der Waals surface area (Å²) in [5, 5.41) is 3.22. The molecule has 1 N–H and O–H groups in total. The molecular weight excluding hydrogens is 332 g/mol. The number of methoxy groups -OCH3 is 2. The van der Waals surface area contributed by atoms with E-state index in [4.69, 9.17) is 14.2 Å². The first kappa shape index (κ1) is 17.5. The molecule has 0 unspecified atom stereocenters. The minimum absolute atomic E-state index is 0.305. The fourth-order valence-corrected chi connectivity index (χ4v) is 2.36. The standard InChI is InChI=1S/C19H20N4O3/c1-24-16-5-6-17(25-2)15(8-16)12-26-19-9-18(22-13-23-19)21-11-14-4-3-7-20-10-14/h3-10,13H,11-12H2,1-2H3,(H,21,22,23). The SMILES string of the molecule is COc1ccc(OC)c(COc2cc(NCc3cccnc3)ncn2)c1. The normalized spacial score (nSPS) is 10.2. The Balaban J connectivity index is 1.64. The van der Waals surface area contributed by atoms with Crippen molar-refractivity contribution < 1.29 is 14.2 Å². The van der Waals surface area contributed by atoms with Crippen molar-refractivity contribution in [1.29, 1.82) is 0 Å². The minimum Gasteiger partial charge on any atom is -0.497 e. The quantitative estimate of drug-likeness (QED) is 0.667. The molecule has 0 radical (unpaired) electrons. The van der Waals surface area contributed by atoms with Gasteiger partial charge in [0.1, 0.15) is 30.3 Å². The van der Waals surface area contributed by atoms with Gasteiger partial charge in [-0.2, -0.15) is 0 Å². The molecule has 2 aromatic heterocycles. The van der Waals surface area contributed by atoms with Gasteiger partial charge in [-0.25, -0.2) is 9.97 Å². The largest absolute Gasteiger partial charge is 0.497 e. The van der Waals surface area contributed by atoms with Gasteiger partial charge in [0.15, 0.2) is 0 Å². The maximum atomic E-state index is 5.79. The topological polar surface area (TPSA) is 78.4 Å². The lowest BCUT2D eigenvalue weighted by Crippen LogP contribution is -2.04. The number of ether oxygens (including phenoxy) is 3. The molecule has 2 heterocycles. The Kier molecular flexibility index (Phi) is 5.82. The summed E-state index contributed by atoms with van der Waals surface area (Å²) in [6.07, 6.45) is 5.01. The lowest BCUT2D eigenvalue weighted by molar-refractivity contribution is 0.284. The summed E-state index contributed by atoms with van der Waals surface area (Å²) in [5.74, 6) is 2.62. The van der Waals surface area contributed by atoms with Gasteiger partial charge in [0.2, 0.25) is 5.88 Å². The van der Waals surface area contributed by atoms with Crippen LogP contribution in [0.4, 0.5) is 5.82 Å². The molecule has 1 aromatic carbocycles. The van der Waals surface area contributed by atoms with E-state index in [0.717, 1.165) is 22.6 Å². The molecular formula is C19H20N4O3. The van der Waals surface area contributed by atoms with E-state index in [9.17, 15) is 0 Å². The molecule has 0 amide bonds. The molecule has 134 valence electrons. The van der Waals surface area contributed by atoms with E-state index in [1.54, 1.807) is 32.7 Å². The maximum absolute atomic E-state index is 5.79. The maximum Gasteiger partial charge on any atom is 0.218 e. The Morgan fingerprint density at radius 2 is 1.96 bits per heavy atom. The first-order valence-electron chi connectivity index (χ1n) is 8.07. The van der Waals surface area contributed by atoms with Crippen LogP contribution >= 0.6 is 0 Å². The number of pyridine rings is 1. The monoisotopic (exact) mass is 352 g/mol. The summed E-state index contributed by atoms with van der Waals surface area (Å²) in [5.41, 5.74) is 1.94. The third-order valence-corrected chi connectivity index (χ3v) is 3.70. The fraction of sp³-hybridized carbons (Fsp3) is 0.211. The molecule has 0 aliphatic heterocycles. The van der Waals surface area contributed by atoms with Crippen molar-refractivity contribution >= 4 is 5.82 Å². The third kappa shape index (κ3) is 4.60. The number of hydrogen-bond acceptors (Lipinski definition) is 7. The molecule has 3 aromatic rings. The average Bonchev–Trinajstić information content (AvgIpc) is 2.71. The van der Waals surface area contributed by atoms with Crippen molar-refractivity contribution in [2.45, 2.75) is 13.2 Å². The second kappa shape index (κ2) is 8.66. The number of rotatable bonds is 8. The molecule has 0 spiro atoms. The zero-order valence-electron chi connectivity index (χ0n) is 14.7. The Labute approximate surface area is 152 Å². The molecule has 0 aliphatic carbocycles. The lowest BCUT2D eigenvalue weighted by atomic mass is 10.2. The highest BCUT2D eigenvalue weighted by Gasteiger charge is 2.07. The zero-order valence-corrected chi connectivity index (χ0v) is 14.7. The van der Waals surface area contributed by atoms with Gasteiger partial charge >= 0.3 is 0 Å². The molecule has 7 heteroatoms. The van der Waals surface area contributed by atoms with Crippen LogP contribution < -0.4 is 19.5 Å².